The SMILES string of the molecule is CCCCC(C)N(C)C(C)(C)C. The van der Waals surface area contributed by atoms with Gasteiger partial charge in [0.25, 0.3) is 0 Å². The maximum absolute atomic E-state index is 2.46. The summed E-state index contributed by atoms with van der Waals surface area (Å²) in [7, 11) is 2.22. The first-order chi connectivity index (χ1) is 5.39. The molecule has 0 saturated carbocycles. The fraction of sp³-hybridized carbons (Fsp3) is 1.00. The number of unbranched alkanes of at least 4 members (excludes halogenated alkanes) is 1. The lowest BCUT2D eigenvalue weighted by atomic mass is 10.0. The van der Waals surface area contributed by atoms with E-state index in [1.165, 1.54) is 19.3 Å². The van der Waals surface area contributed by atoms with Crippen LogP contribution < -0.4 is 0 Å². The van der Waals surface area contributed by atoms with Crippen LogP contribution in [0, 0.1) is 0 Å². The van der Waals surface area contributed by atoms with Crippen molar-refractivity contribution < 1.29 is 0 Å². The summed E-state index contributed by atoms with van der Waals surface area (Å²) in [6.45, 7) is 11.4. The van der Waals surface area contributed by atoms with Gasteiger partial charge in [0, 0.05) is 11.6 Å². The van der Waals surface area contributed by atoms with E-state index in [9.17, 15) is 0 Å². The predicted octanol–water partition coefficient (Wildman–Crippen LogP) is 3.30. The molecule has 0 aromatic carbocycles. The lowest BCUT2D eigenvalue weighted by Gasteiger charge is -2.37. The molecular weight excluding hydrogens is 146 g/mol. The van der Waals surface area contributed by atoms with Crippen molar-refractivity contribution in [1.82, 2.24) is 4.90 Å². The van der Waals surface area contributed by atoms with Crippen LogP contribution in [-0.4, -0.2) is 23.5 Å². The van der Waals surface area contributed by atoms with E-state index in [1.807, 2.05) is 0 Å². The molecule has 0 fully saturated rings. The molecule has 0 bridgehead atoms. The molecule has 0 aliphatic carbocycles. The van der Waals surface area contributed by atoms with E-state index >= 15 is 0 Å². The molecule has 0 aromatic heterocycles. The van der Waals surface area contributed by atoms with Crippen LogP contribution in [0.3, 0.4) is 0 Å². The van der Waals surface area contributed by atoms with E-state index < -0.39 is 0 Å². The number of hydrogen-bond acceptors (Lipinski definition) is 1. The van der Waals surface area contributed by atoms with Crippen molar-refractivity contribution in [2.24, 2.45) is 0 Å². The zero-order chi connectivity index (χ0) is 9.78. The van der Waals surface area contributed by atoms with E-state index in [0.29, 0.717) is 11.6 Å². The molecule has 1 atom stereocenters. The Hall–Kier alpha value is -0.0400. The van der Waals surface area contributed by atoms with E-state index in [-0.39, 0.29) is 0 Å². The molecule has 1 nitrogen and oxygen atoms in total. The van der Waals surface area contributed by atoms with Crippen LogP contribution >= 0.6 is 0 Å². The van der Waals surface area contributed by atoms with Crippen LogP contribution in [-0.2, 0) is 0 Å². The topological polar surface area (TPSA) is 3.24 Å². The first-order valence-corrected chi connectivity index (χ1v) is 5.12. The van der Waals surface area contributed by atoms with Crippen molar-refractivity contribution >= 4 is 0 Å². The van der Waals surface area contributed by atoms with Crippen molar-refractivity contribution in [3.63, 3.8) is 0 Å². The summed E-state index contributed by atoms with van der Waals surface area (Å²) in [4.78, 5) is 2.46. The Labute approximate surface area is 78.1 Å². The van der Waals surface area contributed by atoms with Gasteiger partial charge in [-0.2, -0.15) is 0 Å². The Morgan fingerprint density at radius 2 is 1.75 bits per heavy atom. The Bertz CT molecular complexity index is 113. The zero-order valence-electron chi connectivity index (χ0n) is 9.65. The van der Waals surface area contributed by atoms with Crippen molar-refractivity contribution in [1.29, 1.82) is 0 Å². The first-order valence-electron chi connectivity index (χ1n) is 5.12. The summed E-state index contributed by atoms with van der Waals surface area (Å²) in [5.74, 6) is 0. The second kappa shape index (κ2) is 4.86. The molecule has 0 heterocycles. The van der Waals surface area contributed by atoms with E-state index in [4.69, 9.17) is 0 Å². The third-order valence-corrected chi connectivity index (χ3v) is 2.69. The Morgan fingerprint density at radius 3 is 2.08 bits per heavy atom. The molecule has 0 radical (unpaired) electrons. The minimum atomic E-state index is 0.313. The summed E-state index contributed by atoms with van der Waals surface area (Å²) >= 11 is 0. The molecule has 0 aromatic rings. The molecule has 0 saturated heterocycles. The molecule has 12 heavy (non-hydrogen) atoms. The number of hydrogen-bond donors (Lipinski definition) is 0. The van der Waals surface area contributed by atoms with Gasteiger partial charge in [-0.05, 0) is 41.2 Å². The van der Waals surface area contributed by atoms with E-state index in [1.54, 1.807) is 0 Å². The van der Waals surface area contributed by atoms with Gasteiger partial charge in [-0.3, -0.25) is 4.90 Å². The van der Waals surface area contributed by atoms with Gasteiger partial charge in [0.05, 0.1) is 0 Å². The third kappa shape index (κ3) is 4.10. The molecule has 0 spiro atoms. The van der Waals surface area contributed by atoms with Crippen molar-refractivity contribution in [3.8, 4) is 0 Å². The van der Waals surface area contributed by atoms with Crippen LogP contribution in [0.2, 0.25) is 0 Å². The smallest absolute Gasteiger partial charge is 0.0124 e. The minimum absolute atomic E-state index is 0.313. The van der Waals surface area contributed by atoms with Crippen LogP contribution in [0.25, 0.3) is 0 Å². The minimum Gasteiger partial charge on any atom is -0.299 e. The third-order valence-electron chi connectivity index (χ3n) is 2.69. The highest BCUT2D eigenvalue weighted by molar-refractivity contribution is 4.77. The lowest BCUT2D eigenvalue weighted by Crippen LogP contribution is -2.43. The van der Waals surface area contributed by atoms with Crippen molar-refractivity contribution in [2.75, 3.05) is 7.05 Å². The summed E-state index contributed by atoms with van der Waals surface area (Å²) in [5, 5.41) is 0. The Kier molecular flexibility index (Phi) is 4.84. The van der Waals surface area contributed by atoms with Crippen LogP contribution in [0.15, 0.2) is 0 Å². The summed E-state index contributed by atoms with van der Waals surface area (Å²) < 4.78 is 0. The van der Waals surface area contributed by atoms with Gasteiger partial charge < -0.3 is 0 Å². The summed E-state index contributed by atoms with van der Waals surface area (Å²) in [6.07, 6.45) is 3.98. The first kappa shape index (κ1) is 12.0. The maximum Gasteiger partial charge on any atom is 0.0124 e. The largest absolute Gasteiger partial charge is 0.299 e. The molecule has 1 heteroatoms. The fourth-order valence-corrected chi connectivity index (χ4v) is 1.35. The summed E-state index contributed by atoms with van der Waals surface area (Å²) in [5.41, 5.74) is 0.313. The average Bonchev–Trinajstić information content (AvgIpc) is 1.97. The van der Waals surface area contributed by atoms with Gasteiger partial charge in [-0.1, -0.05) is 19.8 Å². The molecule has 0 N–H and O–H groups in total. The highest BCUT2D eigenvalue weighted by atomic mass is 15.2. The normalized spacial score (nSPS) is 15.2. The Balaban J connectivity index is 3.84. The van der Waals surface area contributed by atoms with Crippen molar-refractivity contribution in [2.45, 2.75) is 65.5 Å². The van der Waals surface area contributed by atoms with Gasteiger partial charge in [-0.25, -0.2) is 0 Å². The van der Waals surface area contributed by atoms with Crippen LogP contribution in [0.1, 0.15) is 53.9 Å². The lowest BCUT2D eigenvalue weighted by molar-refractivity contribution is 0.119. The molecule has 1 unspecified atom stereocenters. The zero-order valence-corrected chi connectivity index (χ0v) is 9.65. The van der Waals surface area contributed by atoms with Gasteiger partial charge in [0.1, 0.15) is 0 Å². The molecular formula is C11H25N. The molecule has 0 amide bonds. The molecule has 0 rings (SSSR count). The number of nitrogens with zero attached hydrogens (tertiary/aromatic N) is 1. The second-order valence-electron chi connectivity index (χ2n) is 4.77. The van der Waals surface area contributed by atoms with Crippen LogP contribution in [0.5, 0.6) is 0 Å². The molecule has 0 aliphatic heterocycles. The summed E-state index contributed by atoms with van der Waals surface area (Å²) in [6, 6.07) is 0.713. The second-order valence-corrected chi connectivity index (χ2v) is 4.77. The standard InChI is InChI=1S/C11H25N/c1-7-8-9-10(2)12(6)11(3,4)5/h10H,7-9H2,1-6H3. The maximum atomic E-state index is 2.46. The monoisotopic (exact) mass is 171 g/mol. The van der Waals surface area contributed by atoms with Gasteiger partial charge in [-0.15, -0.1) is 0 Å². The van der Waals surface area contributed by atoms with Crippen molar-refractivity contribution in [3.05, 3.63) is 0 Å². The quantitative estimate of drug-likeness (QED) is 0.627. The molecule has 0 aliphatic rings. The van der Waals surface area contributed by atoms with Gasteiger partial charge >= 0.3 is 0 Å². The Morgan fingerprint density at radius 1 is 1.25 bits per heavy atom. The highest BCUT2D eigenvalue weighted by Crippen LogP contribution is 2.17. The average molecular weight is 171 g/mol. The number of rotatable bonds is 4. The molecule has 74 valence electrons. The fourth-order valence-electron chi connectivity index (χ4n) is 1.35. The van der Waals surface area contributed by atoms with E-state index in [2.05, 4.69) is 46.6 Å². The van der Waals surface area contributed by atoms with Gasteiger partial charge in [0.2, 0.25) is 0 Å². The highest BCUT2D eigenvalue weighted by Gasteiger charge is 2.21. The predicted molar refractivity (Wildman–Crippen MR) is 56.5 cm³/mol. The van der Waals surface area contributed by atoms with Crippen LogP contribution in [0.4, 0.5) is 0 Å². The van der Waals surface area contributed by atoms with Gasteiger partial charge in [0.15, 0.2) is 0 Å². The van der Waals surface area contributed by atoms with E-state index in [0.717, 1.165) is 0 Å².